The third-order valence-corrected chi connectivity index (χ3v) is 10.4. The number of piperazine rings is 1. The molecule has 4 atom stereocenters. The van der Waals surface area contributed by atoms with Crippen LogP contribution in [0.25, 0.3) is 39.0 Å². The Morgan fingerprint density at radius 1 is 1.07 bits per heavy atom. The van der Waals surface area contributed by atoms with Gasteiger partial charge in [-0.05, 0) is 56.0 Å². The van der Waals surface area contributed by atoms with Crippen LogP contribution in [-0.2, 0) is 0 Å². The number of halogens is 2. The Bertz CT molecular complexity index is 1820. The Labute approximate surface area is 261 Å². The molecule has 2 unspecified atom stereocenters. The van der Waals surface area contributed by atoms with Crippen LogP contribution >= 0.6 is 0 Å². The van der Waals surface area contributed by atoms with Crippen LogP contribution in [0.15, 0.2) is 36.9 Å². The summed E-state index contributed by atoms with van der Waals surface area (Å²) in [7, 11) is 1.52. The van der Waals surface area contributed by atoms with Crippen molar-refractivity contribution in [3.63, 3.8) is 0 Å². The first-order valence-electron chi connectivity index (χ1n) is 16.1. The average Bonchev–Trinajstić information content (AvgIpc) is 3.70. The van der Waals surface area contributed by atoms with Crippen molar-refractivity contribution < 1.29 is 18.3 Å². The summed E-state index contributed by atoms with van der Waals surface area (Å²) in [5, 5.41) is 5.36. The van der Waals surface area contributed by atoms with E-state index < -0.39 is 11.6 Å². The molecule has 2 aromatic carbocycles. The van der Waals surface area contributed by atoms with Gasteiger partial charge in [0.25, 0.3) is 0 Å². The van der Waals surface area contributed by atoms with Crippen molar-refractivity contribution in [3.8, 4) is 23.1 Å². The molecule has 4 fully saturated rings. The van der Waals surface area contributed by atoms with E-state index in [0.29, 0.717) is 52.3 Å². The zero-order chi connectivity index (χ0) is 30.9. The summed E-state index contributed by atoms with van der Waals surface area (Å²) < 4.78 is 44.3. The van der Waals surface area contributed by atoms with E-state index in [0.717, 1.165) is 63.7 Å². The highest BCUT2D eigenvalue weighted by atomic mass is 19.1. The lowest BCUT2D eigenvalue weighted by molar-refractivity contribution is 0.107. The Balaban J connectivity index is 1.31. The van der Waals surface area contributed by atoms with E-state index in [9.17, 15) is 4.39 Å². The lowest BCUT2D eigenvalue weighted by Crippen LogP contribution is -2.51. The van der Waals surface area contributed by atoms with Gasteiger partial charge in [-0.25, -0.2) is 13.8 Å². The van der Waals surface area contributed by atoms with E-state index >= 15 is 4.39 Å². The maximum atomic E-state index is 17.0. The number of rotatable bonds is 7. The lowest BCUT2D eigenvalue weighted by Gasteiger charge is -2.35. The molecule has 2 aromatic heterocycles. The number of benzene rings is 2. The van der Waals surface area contributed by atoms with Gasteiger partial charge in [0.05, 0.1) is 12.6 Å². The number of pyridine rings is 1. The van der Waals surface area contributed by atoms with Gasteiger partial charge in [0.2, 0.25) is 5.88 Å². The predicted octanol–water partition coefficient (Wildman–Crippen LogP) is 5.97. The summed E-state index contributed by atoms with van der Waals surface area (Å²) >= 11 is 0. The van der Waals surface area contributed by atoms with Crippen LogP contribution in [0.5, 0.6) is 11.9 Å². The smallest absolute Gasteiger partial charge is 0.319 e. The Morgan fingerprint density at radius 2 is 1.89 bits per heavy atom. The zero-order valence-electron chi connectivity index (χ0n) is 25.8. The molecule has 10 heteroatoms. The van der Waals surface area contributed by atoms with Crippen LogP contribution in [0.4, 0.5) is 14.6 Å². The fourth-order valence-corrected chi connectivity index (χ4v) is 8.49. The number of hydrogen-bond acceptors (Lipinski definition) is 8. The number of hydrogen-bond donors (Lipinski definition) is 1. The van der Waals surface area contributed by atoms with Crippen LogP contribution in [-0.4, -0.2) is 77.4 Å². The molecule has 234 valence electrons. The van der Waals surface area contributed by atoms with Gasteiger partial charge in [-0.15, -0.1) is 0 Å². The highest BCUT2D eigenvalue weighted by molar-refractivity contribution is 6.04. The molecule has 2 bridgehead atoms. The van der Waals surface area contributed by atoms with Gasteiger partial charge in [-0.3, -0.25) is 4.90 Å². The molecule has 8 rings (SSSR count). The molecule has 45 heavy (non-hydrogen) atoms. The molecular formula is C35H38F2N6O2. The summed E-state index contributed by atoms with van der Waals surface area (Å²) in [4.78, 5) is 19.1. The largest absolute Gasteiger partial charge is 0.480 e. The monoisotopic (exact) mass is 612 g/mol. The van der Waals surface area contributed by atoms with Gasteiger partial charge in [-0.1, -0.05) is 43.8 Å². The van der Waals surface area contributed by atoms with Crippen molar-refractivity contribution in [2.75, 3.05) is 44.8 Å². The van der Waals surface area contributed by atoms with Gasteiger partial charge in [0.15, 0.2) is 5.82 Å². The quantitative estimate of drug-likeness (QED) is 0.274. The number of anilines is 1. The van der Waals surface area contributed by atoms with Gasteiger partial charge in [0, 0.05) is 48.2 Å². The van der Waals surface area contributed by atoms with E-state index in [-0.39, 0.29) is 28.6 Å². The van der Waals surface area contributed by atoms with E-state index in [1.54, 1.807) is 12.1 Å². The minimum Gasteiger partial charge on any atom is -0.480 e. The molecule has 0 amide bonds. The first kappa shape index (κ1) is 28.6. The molecule has 4 aliphatic heterocycles. The highest BCUT2D eigenvalue weighted by Gasteiger charge is 2.48. The Morgan fingerprint density at radius 3 is 2.67 bits per heavy atom. The fourth-order valence-electron chi connectivity index (χ4n) is 8.49. The van der Waals surface area contributed by atoms with Crippen molar-refractivity contribution in [2.24, 2.45) is 5.92 Å². The standard InChI is InChI=1S/C35H38F2N6O2/c1-4-24-26(36)12-9-21-7-5-8-25(27(21)24)30-29(37)31-28(33(39-30)44-3)32(42-17-22-10-11-23(18-42)38-22)41-34(40-31)45-19-35-13-6-14-43(35)16-20(2)15-35/h4-5,7-9,12,20,22-23,38H,1,6,10-11,13-19H2,2-3H3/t20?,22-,23+,35?. The van der Waals surface area contributed by atoms with E-state index in [2.05, 4.69) is 28.6 Å². The summed E-state index contributed by atoms with van der Waals surface area (Å²) in [6.45, 7) is 10.2. The van der Waals surface area contributed by atoms with Crippen LogP contribution in [0.2, 0.25) is 0 Å². The number of fused-ring (bicyclic) bond motifs is 5. The van der Waals surface area contributed by atoms with E-state index in [1.807, 2.05) is 12.1 Å². The number of nitrogens with zero attached hydrogens (tertiary/aromatic N) is 5. The molecular weight excluding hydrogens is 574 g/mol. The van der Waals surface area contributed by atoms with Crippen LogP contribution in [0, 0.1) is 17.6 Å². The van der Waals surface area contributed by atoms with Crippen molar-refractivity contribution in [1.82, 2.24) is 25.2 Å². The number of methoxy groups -OCH3 is 1. The van der Waals surface area contributed by atoms with Crippen molar-refractivity contribution >= 4 is 33.6 Å². The molecule has 0 saturated carbocycles. The van der Waals surface area contributed by atoms with Crippen LogP contribution in [0.1, 0.15) is 44.6 Å². The second kappa shape index (κ2) is 10.9. The van der Waals surface area contributed by atoms with E-state index in [1.165, 1.54) is 19.3 Å². The molecule has 4 aliphatic rings. The van der Waals surface area contributed by atoms with Crippen LogP contribution in [0.3, 0.4) is 0 Å². The van der Waals surface area contributed by atoms with Gasteiger partial charge in [-0.2, -0.15) is 9.97 Å². The molecule has 4 saturated heterocycles. The topological polar surface area (TPSA) is 75.6 Å². The molecule has 6 heterocycles. The molecule has 0 aliphatic carbocycles. The fraction of sp³-hybridized carbons (Fsp3) is 0.457. The molecule has 1 N–H and O–H groups in total. The van der Waals surface area contributed by atoms with Crippen molar-refractivity contribution in [2.45, 2.75) is 56.7 Å². The highest BCUT2D eigenvalue weighted by Crippen LogP contribution is 2.44. The second-order valence-electron chi connectivity index (χ2n) is 13.3. The Kier molecular flexibility index (Phi) is 6.91. The summed E-state index contributed by atoms with van der Waals surface area (Å²) in [5.41, 5.74) is 0.789. The maximum absolute atomic E-state index is 17.0. The lowest BCUT2D eigenvalue weighted by atomic mass is 9.92. The van der Waals surface area contributed by atoms with Crippen LogP contribution < -0.4 is 19.7 Å². The van der Waals surface area contributed by atoms with Gasteiger partial charge in [0.1, 0.15) is 34.8 Å². The summed E-state index contributed by atoms with van der Waals surface area (Å²) in [5.74, 6) is 0.319. The summed E-state index contributed by atoms with van der Waals surface area (Å²) in [6, 6.07) is 9.30. The third-order valence-electron chi connectivity index (χ3n) is 10.4. The number of aromatic nitrogens is 3. The maximum Gasteiger partial charge on any atom is 0.319 e. The number of ether oxygens (including phenoxy) is 2. The third kappa shape index (κ3) is 4.63. The van der Waals surface area contributed by atoms with E-state index in [4.69, 9.17) is 24.4 Å². The minimum absolute atomic E-state index is 0.0276. The number of nitrogens with one attached hydrogen (secondary N) is 1. The molecule has 0 radical (unpaired) electrons. The molecule has 4 aromatic rings. The first-order chi connectivity index (χ1) is 21.9. The minimum atomic E-state index is -0.626. The predicted molar refractivity (Wildman–Crippen MR) is 172 cm³/mol. The van der Waals surface area contributed by atoms with Crippen molar-refractivity contribution in [3.05, 3.63) is 54.1 Å². The second-order valence-corrected chi connectivity index (χ2v) is 13.3. The zero-order valence-corrected chi connectivity index (χ0v) is 25.8. The Hall–Kier alpha value is -3.89. The average molecular weight is 613 g/mol. The molecule has 8 nitrogen and oxygen atoms in total. The molecule has 0 spiro atoms. The van der Waals surface area contributed by atoms with Gasteiger partial charge >= 0.3 is 6.01 Å². The van der Waals surface area contributed by atoms with Gasteiger partial charge < -0.3 is 19.7 Å². The first-order valence-corrected chi connectivity index (χ1v) is 16.1. The SMILES string of the molecule is C=Cc1c(F)ccc2cccc(-c3nc(OC)c4c(N5C[C@H]6CC[C@@H](C5)N6)nc(OCC56CCCN5CC(C)C6)nc4c3F)c12. The summed E-state index contributed by atoms with van der Waals surface area (Å²) in [6.07, 6.45) is 6.90. The van der Waals surface area contributed by atoms with Crippen molar-refractivity contribution in [1.29, 1.82) is 0 Å². The normalized spacial score (nSPS) is 26.1.